The molecule has 0 aliphatic carbocycles. The quantitative estimate of drug-likeness (QED) is 0.623. The molecule has 0 heterocycles. The molecule has 0 aromatic heterocycles. The maximum atomic E-state index is 12.3. The summed E-state index contributed by atoms with van der Waals surface area (Å²) in [5, 5.41) is 2.28. The fourth-order valence-corrected chi connectivity index (χ4v) is 2.68. The molecule has 0 spiro atoms. The van der Waals surface area contributed by atoms with E-state index in [0.29, 0.717) is 10.0 Å². The van der Waals surface area contributed by atoms with Gasteiger partial charge in [0.25, 0.3) is 0 Å². The Bertz CT molecular complexity index is 799. The summed E-state index contributed by atoms with van der Waals surface area (Å²) in [5.74, 6) is -1.20. The number of alkyl carbamates (subject to hydrolysis) is 1. The number of benzene rings is 2. The zero-order chi connectivity index (χ0) is 20.6. The average Bonchev–Trinajstić information content (AvgIpc) is 2.66. The Balaban J connectivity index is 2.03. The second-order valence-electron chi connectivity index (χ2n) is 5.78. The molecule has 0 unspecified atom stereocenters. The van der Waals surface area contributed by atoms with E-state index in [-0.39, 0.29) is 13.0 Å². The molecule has 1 amide bonds. The predicted molar refractivity (Wildman–Crippen MR) is 98.4 cm³/mol. The number of rotatable bonds is 7. The highest BCUT2D eigenvalue weighted by atomic mass is 79.9. The standard InChI is InChI=1S/C19H17BrF3NO4/c20-15-9-5-4-8-14(15)10-16(17(25)28-12-19(21,22)23)24-18(26)27-11-13-6-2-1-3-7-13/h1-9,16H,10-12H2,(H,24,26)/t16-/m0/s1. The molecule has 5 nitrogen and oxygen atoms in total. The van der Waals surface area contributed by atoms with Gasteiger partial charge in [0.1, 0.15) is 12.6 Å². The summed E-state index contributed by atoms with van der Waals surface area (Å²) in [6.45, 7) is -1.79. The van der Waals surface area contributed by atoms with Crippen LogP contribution in [0, 0.1) is 0 Å². The molecular weight excluding hydrogens is 443 g/mol. The van der Waals surface area contributed by atoms with Crippen molar-refractivity contribution in [2.24, 2.45) is 0 Å². The van der Waals surface area contributed by atoms with Crippen LogP contribution in [0.15, 0.2) is 59.1 Å². The van der Waals surface area contributed by atoms with Gasteiger partial charge in [-0.05, 0) is 17.2 Å². The number of hydrogen-bond acceptors (Lipinski definition) is 4. The van der Waals surface area contributed by atoms with Crippen molar-refractivity contribution in [1.29, 1.82) is 0 Å². The molecule has 150 valence electrons. The van der Waals surface area contributed by atoms with E-state index in [1.165, 1.54) is 0 Å². The number of carbonyl (C=O) groups is 2. The second-order valence-corrected chi connectivity index (χ2v) is 6.63. The van der Waals surface area contributed by atoms with Gasteiger partial charge in [-0.1, -0.05) is 64.5 Å². The lowest BCUT2D eigenvalue weighted by Gasteiger charge is -2.19. The Morgan fingerprint density at radius 2 is 1.64 bits per heavy atom. The van der Waals surface area contributed by atoms with E-state index in [1.807, 2.05) is 0 Å². The van der Waals surface area contributed by atoms with Crippen LogP contribution in [0.25, 0.3) is 0 Å². The summed E-state index contributed by atoms with van der Waals surface area (Å²) in [6.07, 6.45) is -5.68. The number of hydrogen-bond donors (Lipinski definition) is 1. The molecule has 2 aromatic rings. The molecule has 9 heteroatoms. The van der Waals surface area contributed by atoms with Gasteiger partial charge in [0.05, 0.1) is 0 Å². The van der Waals surface area contributed by atoms with Crippen molar-refractivity contribution in [2.75, 3.05) is 6.61 Å². The molecule has 0 saturated heterocycles. The van der Waals surface area contributed by atoms with Gasteiger partial charge in [-0.15, -0.1) is 0 Å². The Kier molecular flexibility index (Phi) is 7.86. The molecule has 0 aliphatic rings. The van der Waals surface area contributed by atoms with Gasteiger partial charge < -0.3 is 14.8 Å². The predicted octanol–water partition coefficient (Wildman–Crippen LogP) is 4.39. The molecule has 0 radical (unpaired) electrons. The molecule has 2 rings (SSSR count). The van der Waals surface area contributed by atoms with Crippen LogP contribution >= 0.6 is 15.9 Å². The van der Waals surface area contributed by atoms with Gasteiger partial charge in [0, 0.05) is 10.9 Å². The first-order valence-electron chi connectivity index (χ1n) is 8.18. The van der Waals surface area contributed by atoms with Gasteiger partial charge in [0.2, 0.25) is 0 Å². The van der Waals surface area contributed by atoms with E-state index in [9.17, 15) is 22.8 Å². The zero-order valence-electron chi connectivity index (χ0n) is 14.5. The number of amides is 1. The van der Waals surface area contributed by atoms with Gasteiger partial charge in [-0.3, -0.25) is 0 Å². The van der Waals surface area contributed by atoms with E-state index >= 15 is 0 Å². The molecule has 1 atom stereocenters. The van der Waals surface area contributed by atoms with E-state index in [1.54, 1.807) is 54.6 Å². The van der Waals surface area contributed by atoms with Gasteiger partial charge in [-0.2, -0.15) is 13.2 Å². The van der Waals surface area contributed by atoms with E-state index in [0.717, 1.165) is 5.56 Å². The first-order valence-corrected chi connectivity index (χ1v) is 8.98. The number of carbonyl (C=O) groups excluding carboxylic acids is 2. The summed E-state index contributed by atoms with van der Waals surface area (Å²) in [4.78, 5) is 24.1. The van der Waals surface area contributed by atoms with Crippen LogP contribution < -0.4 is 5.32 Å². The number of ether oxygens (including phenoxy) is 2. The minimum absolute atomic E-state index is 0.0496. The van der Waals surface area contributed by atoms with Crippen LogP contribution in [0.5, 0.6) is 0 Å². The Hall–Kier alpha value is -2.55. The highest BCUT2D eigenvalue weighted by Crippen LogP contribution is 2.19. The molecular formula is C19H17BrF3NO4. The van der Waals surface area contributed by atoms with Crippen LogP contribution in [0.3, 0.4) is 0 Å². The summed E-state index contributed by atoms with van der Waals surface area (Å²) in [5.41, 5.74) is 1.33. The van der Waals surface area contributed by atoms with Crippen molar-refractivity contribution in [1.82, 2.24) is 5.32 Å². The van der Waals surface area contributed by atoms with Crippen molar-refractivity contribution in [3.63, 3.8) is 0 Å². The van der Waals surface area contributed by atoms with Crippen LogP contribution in [0.1, 0.15) is 11.1 Å². The number of esters is 1. The van der Waals surface area contributed by atoms with Crippen LogP contribution in [-0.2, 0) is 27.3 Å². The topological polar surface area (TPSA) is 64.6 Å². The van der Waals surface area contributed by atoms with Crippen molar-refractivity contribution < 1.29 is 32.2 Å². The molecule has 0 fully saturated rings. The lowest BCUT2D eigenvalue weighted by Crippen LogP contribution is -2.44. The third kappa shape index (κ3) is 7.59. The monoisotopic (exact) mass is 459 g/mol. The number of halogens is 4. The fourth-order valence-electron chi connectivity index (χ4n) is 2.24. The molecule has 28 heavy (non-hydrogen) atoms. The Labute approximate surface area is 168 Å². The van der Waals surface area contributed by atoms with E-state index in [2.05, 4.69) is 26.0 Å². The van der Waals surface area contributed by atoms with Crippen molar-refractivity contribution in [3.05, 3.63) is 70.2 Å². The zero-order valence-corrected chi connectivity index (χ0v) is 16.1. The van der Waals surface area contributed by atoms with Crippen molar-refractivity contribution >= 4 is 28.0 Å². The second kappa shape index (κ2) is 10.1. The van der Waals surface area contributed by atoms with Crippen molar-refractivity contribution in [3.8, 4) is 0 Å². The lowest BCUT2D eigenvalue weighted by atomic mass is 10.1. The summed E-state index contributed by atoms with van der Waals surface area (Å²) >= 11 is 3.30. The van der Waals surface area contributed by atoms with Gasteiger partial charge >= 0.3 is 18.2 Å². The molecule has 2 aromatic carbocycles. The minimum Gasteiger partial charge on any atom is -0.454 e. The smallest absolute Gasteiger partial charge is 0.422 e. The van der Waals surface area contributed by atoms with E-state index < -0.39 is 30.9 Å². The van der Waals surface area contributed by atoms with Crippen LogP contribution in [-0.4, -0.2) is 30.9 Å². The minimum atomic E-state index is -4.67. The molecule has 1 N–H and O–H groups in total. The SMILES string of the molecule is O=C(N[C@@H](Cc1ccccc1Br)C(=O)OCC(F)(F)F)OCc1ccccc1. The molecule has 0 bridgehead atoms. The van der Waals surface area contributed by atoms with Crippen LogP contribution in [0.4, 0.5) is 18.0 Å². The lowest BCUT2D eigenvalue weighted by molar-refractivity contribution is -0.187. The summed E-state index contributed by atoms with van der Waals surface area (Å²) in [6, 6.07) is 14.3. The highest BCUT2D eigenvalue weighted by molar-refractivity contribution is 9.10. The normalized spacial score (nSPS) is 12.1. The first kappa shape index (κ1) is 21.7. The van der Waals surface area contributed by atoms with Crippen molar-refractivity contribution in [2.45, 2.75) is 25.2 Å². The maximum Gasteiger partial charge on any atom is 0.422 e. The maximum absolute atomic E-state index is 12.3. The Morgan fingerprint density at radius 1 is 1.00 bits per heavy atom. The van der Waals surface area contributed by atoms with E-state index in [4.69, 9.17) is 4.74 Å². The Morgan fingerprint density at radius 3 is 2.29 bits per heavy atom. The summed E-state index contributed by atoms with van der Waals surface area (Å²) in [7, 11) is 0. The number of nitrogens with one attached hydrogen (secondary N) is 1. The third-order valence-corrected chi connectivity index (χ3v) is 4.32. The number of alkyl halides is 3. The van der Waals surface area contributed by atoms with Gasteiger partial charge in [0.15, 0.2) is 6.61 Å². The third-order valence-electron chi connectivity index (χ3n) is 3.55. The van der Waals surface area contributed by atoms with Gasteiger partial charge in [-0.25, -0.2) is 9.59 Å². The average molecular weight is 460 g/mol. The highest BCUT2D eigenvalue weighted by Gasteiger charge is 2.32. The van der Waals surface area contributed by atoms with Crippen LogP contribution in [0.2, 0.25) is 0 Å². The summed E-state index contributed by atoms with van der Waals surface area (Å²) < 4.78 is 47.0. The largest absolute Gasteiger partial charge is 0.454 e. The molecule has 0 saturated carbocycles. The first-order chi connectivity index (χ1) is 13.2. The molecule has 0 aliphatic heterocycles. The fraction of sp³-hybridized carbons (Fsp3) is 0.263.